The van der Waals surface area contributed by atoms with Gasteiger partial charge in [0.25, 0.3) is 5.91 Å². The first kappa shape index (κ1) is 16.5. The Hall–Kier alpha value is -2.98. The molecule has 3 aromatic rings. The van der Waals surface area contributed by atoms with Gasteiger partial charge in [0.05, 0.1) is 13.2 Å². The fourth-order valence-corrected chi connectivity index (χ4v) is 3.35. The van der Waals surface area contributed by atoms with Gasteiger partial charge >= 0.3 is 6.01 Å². The Labute approximate surface area is 152 Å². The van der Waals surface area contributed by atoms with Gasteiger partial charge in [0.1, 0.15) is 11.2 Å². The number of aliphatic imine (C=N–C) groups is 1. The van der Waals surface area contributed by atoms with Crippen molar-refractivity contribution in [2.75, 3.05) is 31.2 Å². The maximum Gasteiger partial charge on any atom is 0.325 e. The summed E-state index contributed by atoms with van der Waals surface area (Å²) in [4.78, 5) is 26.9. The summed E-state index contributed by atoms with van der Waals surface area (Å²) in [6.07, 6.45) is 0. The lowest BCUT2D eigenvalue weighted by molar-refractivity contribution is 0.0972. The lowest BCUT2D eigenvalue weighted by Gasteiger charge is -2.25. The number of para-hydroxylation sites is 2. The molecule has 0 aliphatic carbocycles. The molecule has 1 saturated heterocycles. The summed E-state index contributed by atoms with van der Waals surface area (Å²) in [5, 5.41) is 4.97. The van der Waals surface area contributed by atoms with Gasteiger partial charge in [0.2, 0.25) is 5.96 Å². The van der Waals surface area contributed by atoms with E-state index in [9.17, 15) is 4.79 Å². The number of amides is 1. The van der Waals surface area contributed by atoms with E-state index >= 15 is 0 Å². The van der Waals surface area contributed by atoms with Crippen molar-refractivity contribution in [2.45, 2.75) is 0 Å². The minimum atomic E-state index is -0.432. The first-order valence-electron chi connectivity index (χ1n) is 7.98. The summed E-state index contributed by atoms with van der Waals surface area (Å²) in [5.41, 5.74) is 7.33. The molecule has 1 aliphatic rings. The summed E-state index contributed by atoms with van der Waals surface area (Å²) in [6, 6.07) is 7.34. The normalized spacial score (nSPS) is 15.4. The molecule has 0 radical (unpaired) electrons. The number of aromatic nitrogens is 2. The molecular weight excluding hydrogens is 356 g/mol. The first-order chi connectivity index (χ1) is 12.7. The number of oxazole rings is 1. The molecule has 1 fully saturated rings. The highest BCUT2D eigenvalue weighted by Gasteiger charge is 2.18. The molecule has 26 heavy (non-hydrogen) atoms. The van der Waals surface area contributed by atoms with Gasteiger partial charge in [-0.05, 0) is 12.1 Å². The van der Waals surface area contributed by atoms with Crippen molar-refractivity contribution in [3.8, 4) is 0 Å². The zero-order chi connectivity index (χ0) is 17.9. The molecule has 1 amide bonds. The van der Waals surface area contributed by atoms with E-state index in [1.165, 1.54) is 11.3 Å². The summed E-state index contributed by atoms with van der Waals surface area (Å²) >= 11 is 1.41. The number of carbonyl (C=O) groups excluding carboxylic acids is 1. The molecule has 10 heteroatoms. The number of hydrogen-bond acceptors (Lipinski definition) is 8. The number of nitrogens with two attached hydrogens (primary N) is 1. The van der Waals surface area contributed by atoms with Crippen LogP contribution in [0.25, 0.3) is 11.1 Å². The van der Waals surface area contributed by atoms with Crippen LogP contribution in [0.15, 0.2) is 39.1 Å². The van der Waals surface area contributed by atoms with Crippen LogP contribution in [-0.4, -0.2) is 48.1 Å². The van der Waals surface area contributed by atoms with E-state index in [1.54, 1.807) is 17.5 Å². The van der Waals surface area contributed by atoms with Gasteiger partial charge in [-0.15, -0.1) is 11.3 Å². The van der Waals surface area contributed by atoms with Crippen LogP contribution in [0.4, 0.5) is 11.1 Å². The number of guanidine groups is 1. The van der Waals surface area contributed by atoms with Gasteiger partial charge in [-0.25, -0.2) is 4.98 Å². The predicted molar refractivity (Wildman–Crippen MR) is 97.9 cm³/mol. The smallest absolute Gasteiger partial charge is 0.325 e. The van der Waals surface area contributed by atoms with E-state index in [2.05, 4.69) is 25.2 Å². The van der Waals surface area contributed by atoms with Crippen LogP contribution in [-0.2, 0) is 4.74 Å². The van der Waals surface area contributed by atoms with Gasteiger partial charge in [0.15, 0.2) is 10.7 Å². The van der Waals surface area contributed by atoms with Gasteiger partial charge in [-0.3, -0.25) is 10.1 Å². The zero-order valence-electron chi connectivity index (χ0n) is 13.7. The Bertz CT molecular complexity index is 927. The number of carbonyl (C=O) groups is 1. The number of anilines is 1. The second kappa shape index (κ2) is 7.10. The van der Waals surface area contributed by atoms with Crippen LogP contribution in [0.1, 0.15) is 10.5 Å². The van der Waals surface area contributed by atoms with Gasteiger partial charge in [-0.1, -0.05) is 12.1 Å². The number of nitrogens with one attached hydrogen (secondary N) is 1. The predicted octanol–water partition coefficient (Wildman–Crippen LogP) is 1.50. The molecule has 2 aromatic heterocycles. The molecule has 3 N–H and O–H groups in total. The largest absolute Gasteiger partial charge is 0.422 e. The van der Waals surface area contributed by atoms with Crippen molar-refractivity contribution in [3.63, 3.8) is 0 Å². The van der Waals surface area contributed by atoms with Crippen LogP contribution in [0.2, 0.25) is 0 Å². The van der Waals surface area contributed by atoms with Crippen molar-refractivity contribution in [2.24, 2.45) is 10.7 Å². The van der Waals surface area contributed by atoms with Crippen molar-refractivity contribution in [1.29, 1.82) is 0 Å². The van der Waals surface area contributed by atoms with E-state index in [1.807, 2.05) is 12.1 Å². The van der Waals surface area contributed by atoms with Crippen molar-refractivity contribution < 1.29 is 13.9 Å². The van der Waals surface area contributed by atoms with Crippen LogP contribution >= 0.6 is 11.3 Å². The average Bonchev–Trinajstić information content (AvgIpc) is 3.29. The molecule has 3 heterocycles. The van der Waals surface area contributed by atoms with Crippen molar-refractivity contribution in [3.05, 3.63) is 35.3 Å². The highest BCUT2D eigenvalue weighted by Crippen LogP contribution is 2.22. The number of hydrogen-bond donors (Lipinski definition) is 2. The molecule has 4 rings (SSSR count). The maximum absolute atomic E-state index is 12.3. The molecule has 0 unspecified atom stereocenters. The molecule has 0 bridgehead atoms. The van der Waals surface area contributed by atoms with Crippen LogP contribution in [0.5, 0.6) is 0 Å². The molecule has 0 atom stereocenters. The monoisotopic (exact) mass is 372 g/mol. The van der Waals surface area contributed by atoms with E-state index in [4.69, 9.17) is 14.9 Å². The minimum absolute atomic E-state index is 0.0799. The Kier molecular flexibility index (Phi) is 4.50. The van der Waals surface area contributed by atoms with E-state index in [0.29, 0.717) is 24.3 Å². The molecule has 134 valence electrons. The summed E-state index contributed by atoms with van der Waals surface area (Å²) in [5.74, 6) is -0.541. The number of ether oxygens (including phenoxy) is 1. The Morgan fingerprint density at radius 2 is 2.08 bits per heavy atom. The van der Waals surface area contributed by atoms with E-state index in [0.717, 1.165) is 18.2 Å². The molecule has 1 aromatic carbocycles. The molecule has 1 aliphatic heterocycles. The number of rotatable bonds is 3. The quantitative estimate of drug-likeness (QED) is 0.528. The number of thiazole rings is 1. The fraction of sp³-hybridized carbons (Fsp3) is 0.250. The van der Waals surface area contributed by atoms with Gasteiger partial charge < -0.3 is 19.8 Å². The second-order valence-corrected chi connectivity index (χ2v) is 6.37. The third-order valence-corrected chi connectivity index (χ3v) is 4.65. The maximum atomic E-state index is 12.3. The first-order valence-corrected chi connectivity index (χ1v) is 8.86. The number of fused-ring (bicyclic) bond motifs is 1. The van der Waals surface area contributed by atoms with E-state index in [-0.39, 0.29) is 17.7 Å². The molecule has 9 nitrogen and oxygen atoms in total. The SMILES string of the molecule is NC(=Nc1nc2ccccc2o1)NC(=O)c1csc(N2CCOCC2)n1. The Morgan fingerprint density at radius 1 is 1.27 bits per heavy atom. The van der Waals surface area contributed by atoms with Gasteiger partial charge in [0, 0.05) is 18.5 Å². The highest BCUT2D eigenvalue weighted by molar-refractivity contribution is 7.13. The Morgan fingerprint density at radius 3 is 2.88 bits per heavy atom. The van der Waals surface area contributed by atoms with Crippen LogP contribution in [0, 0.1) is 0 Å². The lowest BCUT2D eigenvalue weighted by Crippen LogP contribution is -2.37. The molecular formula is C16H16N6O3S. The van der Waals surface area contributed by atoms with Crippen molar-refractivity contribution >= 4 is 45.4 Å². The molecule has 0 spiro atoms. The summed E-state index contributed by atoms with van der Waals surface area (Å²) in [7, 11) is 0. The van der Waals surface area contributed by atoms with Crippen LogP contribution in [0.3, 0.4) is 0 Å². The lowest BCUT2D eigenvalue weighted by atomic mass is 10.3. The standard InChI is InChI=1S/C16H16N6O3S/c17-14(21-15-18-10-3-1-2-4-12(10)25-15)20-13(23)11-9-26-16(19-11)22-5-7-24-8-6-22/h1-4,9H,5-8H2,(H3,17,18,20,21,23). The average molecular weight is 372 g/mol. The van der Waals surface area contributed by atoms with Crippen LogP contribution < -0.4 is 16.0 Å². The third kappa shape index (κ3) is 3.51. The van der Waals surface area contributed by atoms with Gasteiger partial charge in [-0.2, -0.15) is 9.98 Å². The highest BCUT2D eigenvalue weighted by atomic mass is 32.1. The summed E-state index contributed by atoms with van der Waals surface area (Å²) in [6.45, 7) is 2.84. The van der Waals surface area contributed by atoms with E-state index < -0.39 is 5.91 Å². The van der Waals surface area contributed by atoms with Crippen molar-refractivity contribution in [1.82, 2.24) is 15.3 Å². The zero-order valence-corrected chi connectivity index (χ0v) is 14.5. The Balaban J connectivity index is 1.44. The number of morpholine rings is 1. The topological polar surface area (TPSA) is 119 Å². The molecule has 0 saturated carbocycles. The number of nitrogens with zero attached hydrogens (tertiary/aromatic N) is 4. The summed E-state index contributed by atoms with van der Waals surface area (Å²) < 4.78 is 10.8. The second-order valence-electron chi connectivity index (χ2n) is 5.53. The fourth-order valence-electron chi connectivity index (χ4n) is 2.49. The third-order valence-electron chi connectivity index (χ3n) is 3.75. The number of benzene rings is 1. The minimum Gasteiger partial charge on any atom is -0.422 e.